The summed E-state index contributed by atoms with van der Waals surface area (Å²) in [6, 6.07) is 16.3. The number of hydrogen-bond acceptors (Lipinski definition) is 3. The second-order valence-electron chi connectivity index (χ2n) is 7.86. The normalized spacial score (nSPS) is 15.9. The van der Waals surface area contributed by atoms with Crippen molar-refractivity contribution in [3.8, 4) is 5.75 Å². The van der Waals surface area contributed by atoms with Gasteiger partial charge in [0.15, 0.2) is 5.78 Å². The van der Waals surface area contributed by atoms with Crippen molar-refractivity contribution in [3.63, 3.8) is 0 Å². The molecule has 0 amide bonds. The summed E-state index contributed by atoms with van der Waals surface area (Å²) in [5.74, 6) is 1.48. The number of carbonyl (C=O) groups is 1. The van der Waals surface area contributed by atoms with E-state index < -0.39 is 0 Å². The van der Waals surface area contributed by atoms with E-state index in [1.165, 1.54) is 5.56 Å². The van der Waals surface area contributed by atoms with Crippen molar-refractivity contribution in [2.75, 3.05) is 20.2 Å². The maximum absolute atomic E-state index is 12.8. The first-order valence-electron chi connectivity index (χ1n) is 10.3. The molecule has 0 spiro atoms. The Bertz CT molecular complexity index is 1030. The van der Waals surface area contributed by atoms with E-state index >= 15 is 0 Å². The van der Waals surface area contributed by atoms with Gasteiger partial charge in [0.25, 0.3) is 0 Å². The lowest BCUT2D eigenvalue weighted by Crippen LogP contribution is -2.32. The van der Waals surface area contributed by atoms with Crippen LogP contribution in [-0.4, -0.2) is 35.4 Å². The van der Waals surface area contributed by atoms with E-state index in [4.69, 9.17) is 4.74 Å². The minimum Gasteiger partial charge on any atom is -0.497 e. The Balaban J connectivity index is 1.34. The highest BCUT2D eigenvalue weighted by molar-refractivity contribution is 6.13. The van der Waals surface area contributed by atoms with E-state index in [1.54, 1.807) is 13.2 Å². The molecule has 4 nitrogen and oxygen atoms in total. The second kappa shape index (κ2) is 8.66. The van der Waals surface area contributed by atoms with Crippen molar-refractivity contribution in [2.24, 2.45) is 13.0 Å². The molecule has 150 valence electrons. The van der Waals surface area contributed by atoms with Gasteiger partial charge in [-0.25, -0.2) is 0 Å². The fourth-order valence-electron chi connectivity index (χ4n) is 4.18. The summed E-state index contributed by atoms with van der Waals surface area (Å²) in [6.45, 7) is 3.05. The number of ether oxygens (including phenoxy) is 1. The molecule has 1 saturated heterocycles. The molecule has 0 atom stereocenters. The van der Waals surface area contributed by atoms with Crippen LogP contribution >= 0.6 is 0 Å². The highest BCUT2D eigenvalue weighted by Crippen LogP contribution is 2.24. The van der Waals surface area contributed by atoms with Crippen LogP contribution in [0.3, 0.4) is 0 Å². The predicted molar refractivity (Wildman–Crippen MR) is 117 cm³/mol. The van der Waals surface area contributed by atoms with Gasteiger partial charge in [0, 0.05) is 36.3 Å². The number of rotatable bonds is 6. The number of para-hydroxylation sites is 1. The highest BCUT2D eigenvalue weighted by Gasteiger charge is 2.18. The zero-order valence-electron chi connectivity index (χ0n) is 17.2. The maximum atomic E-state index is 12.8. The molecule has 29 heavy (non-hydrogen) atoms. The summed E-state index contributed by atoms with van der Waals surface area (Å²) < 4.78 is 7.34. The monoisotopic (exact) mass is 388 g/mol. The Kier molecular flexibility index (Phi) is 5.81. The first-order valence-corrected chi connectivity index (χ1v) is 10.3. The molecular weight excluding hydrogens is 360 g/mol. The maximum Gasteiger partial charge on any atom is 0.187 e. The van der Waals surface area contributed by atoms with Crippen LogP contribution in [0.1, 0.15) is 28.8 Å². The van der Waals surface area contributed by atoms with Gasteiger partial charge in [-0.3, -0.25) is 9.69 Å². The molecule has 2 aromatic carbocycles. The van der Waals surface area contributed by atoms with Crippen molar-refractivity contribution in [1.29, 1.82) is 0 Å². The van der Waals surface area contributed by atoms with E-state index in [-0.39, 0.29) is 5.78 Å². The summed E-state index contributed by atoms with van der Waals surface area (Å²) >= 11 is 0. The summed E-state index contributed by atoms with van der Waals surface area (Å²) in [6.07, 6.45) is 8.01. The number of ketones is 1. The van der Waals surface area contributed by atoms with Gasteiger partial charge in [0.1, 0.15) is 5.75 Å². The van der Waals surface area contributed by atoms with Crippen LogP contribution in [0.2, 0.25) is 0 Å². The number of fused-ring (bicyclic) bond motifs is 1. The lowest BCUT2D eigenvalue weighted by atomic mass is 9.95. The average Bonchev–Trinajstić information content (AvgIpc) is 3.10. The van der Waals surface area contributed by atoms with Crippen LogP contribution in [0.25, 0.3) is 10.9 Å². The number of nitrogens with zero attached hydrogens (tertiary/aromatic N) is 2. The summed E-state index contributed by atoms with van der Waals surface area (Å²) in [5.41, 5.74) is 3.16. The third-order valence-corrected chi connectivity index (χ3v) is 5.85. The zero-order chi connectivity index (χ0) is 20.2. The van der Waals surface area contributed by atoms with Crippen molar-refractivity contribution < 1.29 is 9.53 Å². The first-order chi connectivity index (χ1) is 14.1. The minimum atomic E-state index is 0.0978. The minimum absolute atomic E-state index is 0.0978. The SMILES string of the molecule is COc1cccc(CN2CCC(C=CC(=O)c3cn(C)c4ccccc34)CC2)c1. The topological polar surface area (TPSA) is 34.5 Å². The Labute approximate surface area is 172 Å². The predicted octanol–water partition coefficient (Wildman–Crippen LogP) is 4.84. The molecule has 0 unspecified atom stereocenters. The molecule has 4 heteroatoms. The Morgan fingerprint density at radius 2 is 1.93 bits per heavy atom. The van der Waals surface area contributed by atoms with E-state index in [9.17, 15) is 4.79 Å². The largest absolute Gasteiger partial charge is 0.497 e. The highest BCUT2D eigenvalue weighted by atomic mass is 16.5. The van der Waals surface area contributed by atoms with Crippen molar-refractivity contribution in [3.05, 3.63) is 78.0 Å². The molecule has 0 radical (unpaired) electrons. The molecule has 1 fully saturated rings. The molecular formula is C25H28N2O2. The van der Waals surface area contributed by atoms with Crippen LogP contribution in [0.4, 0.5) is 0 Å². The molecule has 3 aromatic rings. The molecule has 1 aliphatic rings. The van der Waals surface area contributed by atoms with Gasteiger partial charge in [0.2, 0.25) is 0 Å². The standard InChI is InChI=1S/C25H28N2O2/c1-26-18-23(22-8-3-4-9-24(22)26)25(28)11-10-19-12-14-27(15-13-19)17-20-6-5-7-21(16-20)29-2/h3-11,16,18-19H,12-15,17H2,1-2H3. The van der Waals surface area contributed by atoms with E-state index in [2.05, 4.69) is 23.1 Å². The van der Waals surface area contributed by atoms with Crippen LogP contribution in [0, 0.1) is 5.92 Å². The number of methoxy groups -OCH3 is 1. The lowest BCUT2D eigenvalue weighted by Gasteiger charge is -2.30. The number of allylic oxidation sites excluding steroid dienone is 2. The number of hydrogen-bond donors (Lipinski definition) is 0. The lowest BCUT2D eigenvalue weighted by molar-refractivity contribution is 0.104. The molecule has 0 bridgehead atoms. The van der Waals surface area contributed by atoms with Crippen LogP contribution < -0.4 is 4.74 Å². The summed E-state index contributed by atoms with van der Waals surface area (Å²) in [7, 11) is 3.69. The smallest absolute Gasteiger partial charge is 0.187 e. The van der Waals surface area contributed by atoms with E-state index in [0.29, 0.717) is 5.92 Å². The van der Waals surface area contributed by atoms with Crippen molar-refractivity contribution in [1.82, 2.24) is 9.47 Å². The van der Waals surface area contributed by atoms with Crippen LogP contribution in [0.5, 0.6) is 5.75 Å². The number of piperidine rings is 1. The van der Waals surface area contributed by atoms with E-state index in [1.807, 2.05) is 54.2 Å². The third kappa shape index (κ3) is 4.43. The molecule has 4 rings (SSSR count). The molecule has 1 aromatic heterocycles. The molecule has 0 aliphatic carbocycles. The van der Waals surface area contributed by atoms with Gasteiger partial charge in [-0.15, -0.1) is 0 Å². The Hall–Kier alpha value is -2.85. The van der Waals surface area contributed by atoms with Gasteiger partial charge in [-0.2, -0.15) is 0 Å². The quantitative estimate of drug-likeness (QED) is 0.448. The number of benzene rings is 2. The molecule has 0 saturated carbocycles. The summed E-state index contributed by atoms with van der Waals surface area (Å²) in [5, 5.41) is 1.03. The number of aromatic nitrogens is 1. The van der Waals surface area contributed by atoms with Crippen molar-refractivity contribution >= 4 is 16.7 Å². The first kappa shape index (κ1) is 19.5. The van der Waals surface area contributed by atoms with E-state index in [0.717, 1.165) is 54.7 Å². The third-order valence-electron chi connectivity index (χ3n) is 5.85. The Morgan fingerprint density at radius 1 is 1.14 bits per heavy atom. The fraction of sp³-hybridized carbons (Fsp3) is 0.320. The fourth-order valence-corrected chi connectivity index (χ4v) is 4.18. The second-order valence-corrected chi connectivity index (χ2v) is 7.86. The molecule has 1 aliphatic heterocycles. The van der Waals surface area contributed by atoms with Crippen LogP contribution in [-0.2, 0) is 13.6 Å². The zero-order valence-corrected chi connectivity index (χ0v) is 17.2. The Morgan fingerprint density at radius 3 is 2.72 bits per heavy atom. The number of likely N-dealkylation sites (tertiary alicyclic amines) is 1. The van der Waals surface area contributed by atoms with Crippen LogP contribution in [0.15, 0.2) is 66.9 Å². The van der Waals surface area contributed by atoms with Gasteiger partial charge < -0.3 is 9.30 Å². The number of carbonyl (C=O) groups excluding carboxylic acids is 1. The molecule has 0 N–H and O–H groups in total. The van der Waals surface area contributed by atoms with Crippen molar-refractivity contribution in [2.45, 2.75) is 19.4 Å². The number of aryl methyl sites for hydroxylation is 1. The van der Waals surface area contributed by atoms with Gasteiger partial charge in [-0.1, -0.05) is 36.4 Å². The average molecular weight is 389 g/mol. The molecule has 2 heterocycles. The summed E-state index contributed by atoms with van der Waals surface area (Å²) in [4.78, 5) is 15.2. The van der Waals surface area contributed by atoms with Gasteiger partial charge >= 0.3 is 0 Å². The van der Waals surface area contributed by atoms with Gasteiger partial charge in [-0.05, 0) is 61.7 Å². The van der Waals surface area contributed by atoms with Gasteiger partial charge in [0.05, 0.1) is 7.11 Å².